The number of aryl methyl sites for hydroxylation is 2. The van der Waals surface area contributed by atoms with Crippen molar-refractivity contribution in [3.05, 3.63) is 68.8 Å². The van der Waals surface area contributed by atoms with E-state index in [2.05, 4.69) is 26.1 Å². The second-order valence-corrected chi connectivity index (χ2v) is 8.53. The number of halogens is 1. The number of hydrogen-bond acceptors (Lipinski definition) is 4. The van der Waals surface area contributed by atoms with Crippen molar-refractivity contribution in [2.24, 2.45) is 0 Å². The van der Waals surface area contributed by atoms with Gasteiger partial charge in [0.25, 0.3) is 5.91 Å². The number of H-pyrrole nitrogens is 1. The van der Waals surface area contributed by atoms with Crippen LogP contribution in [0.4, 0.5) is 0 Å². The number of carbonyl (C=O) groups is 1. The average molecular weight is 470 g/mol. The quantitative estimate of drug-likeness (QED) is 0.510. The van der Waals surface area contributed by atoms with Crippen LogP contribution in [0.3, 0.4) is 0 Å². The van der Waals surface area contributed by atoms with Crippen LogP contribution >= 0.6 is 15.9 Å². The summed E-state index contributed by atoms with van der Waals surface area (Å²) in [5, 5.41) is 18.0. The van der Waals surface area contributed by atoms with Gasteiger partial charge in [-0.2, -0.15) is 5.10 Å². The first-order valence-corrected chi connectivity index (χ1v) is 10.7. The van der Waals surface area contributed by atoms with Crippen LogP contribution in [0.1, 0.15) is 45.2 Å². The largest absolute Gasteiger partial charge is 0.507 e. The molecule has 1 aliphatic heterocycles. The normalized spacial score (nSPS) is 15.7. The highest BCUT2D eigenvalue weighted by Gasteiger charge is 2.42. The monoisotopic (exact) mass is 469 g/mol. The van der Waals surface area contributed by atoms with Gasteiger partial charge in [0.05, 0.1) is 6.04 Å². The summed E-state index contributed by atoms with van der Waals surface area (Å²) in [5.74, 6) is 0.0684. The SMILES string of the molecule is COCCCN1C(=O)c2[nH]nc(-c3cc(C)c(C)cc3O)c2[C@H]1c1cccc(Br)c1. The number of phenolic OH excluding ortho intramolecular Hbond substituents is 1. The van der Waals surface area contributed by atoms with Gasteiger partial charge in [-0.3, -0.25) is 9.89 Å². The zero-order chi connectivity index (χ0) is 21.4. The number of aromatic nitrogens is 2. The van der Waals surface area contributed by atoms with Gasteiger partial charge in [-0.25, -0.2) is 0 Å². The van der Waals surface area contributed by atoms with Gasteiger partial charge in [-0.1, -0.05) is 28.1 Å². The van der Waals surface area contributed by atoms with Crippen molar-refractivity contribution in [1.82, 2.24) is 15.1 Å². The molecule has 0 fully saturated rings. The van der Waals surface area contributed by atoms with Crippen molar-refractivity contribution in [2.75, 3.05) is 20.3 Å². The summed E-state index contributed by atoms with van der Waals surface area (Å²) in [5.41, 5.74) is 5.56. The van der Waals surface area contributed by atoms with E-state index in [9.17, 15) is 9.90 Å². The van der Waals surface area contributed by atoms with Gasteiger partial charge in [0, 0.05) is 35.9 Å². The number of aromatic hydroxyl groups is 1. The zero-order valence-corrected chi connectivity index (χ0v) is 18.8. The Morgan fingerprint density at radius 2 is 2.00 bits per heavy atom. The molecule has 4 rings (SSSR count). The van der Waals surface area contributed by atoms with Crippen molar-refractivity contribution in [3.8, 4) is 17.0 Å². The first-order chi connectivity index (χ1) is 14.4. The molecule has 156 valence electrons. The Bertz CT molecular complexity index is 1110. The number of aromatic amines is 1. The maximum Gasteiger partial charge on any atom is 0.273 e. The number of ether oxygens (including phenoxy) is 1. The summed E-state index contributed by atoms with van der Waals surface area (Å²) in [6.07, 6.45) is 0.731. The summed E-state index contributed by atoms with van der Waals surface area (Å²) < 4.78 is 6.13. The van der Waals surface area contributed by atoms with E-state index in [0.717, 1.165) is 33.1 Å². The molecule has 0 saturated carbocycles. The van der Waals surface area contributed by atoms with Gasteiger partial charge < -0.3 is 14.7 Å². The number of methoxy groups -OCH3 is 1. The first kappa shape index (κ1) is 20.6. The Labute approximate surface area is 184 Å². The lowest BCUT2D eigenvalue weighted by atomic mass is 9.94. The lowest BCUT2D eigenvalue weighted by Gasteiger charge is -2.26. The molecule has 2 N–H and O–H groups in total. The van der Waals surface area contributed by atoms with Crippen LogP contribution in [0.5, 0.6) is 5.75 Å². The summed E-state index contributed by atoms with van der Waals surface area (Å²) in [7, 11) is 1.66. The lowest BCUT2D eigenvalue weighted by molar-refractivity contribution is 0.0723. The Morgan fingerprint density at radius 3 is 2.73 bits per heavy atom. The van der Waals surface area contributed by atoms with E-state index in [0.29, 0.717) is 30.1 Å². The van der Waals surface area contributed by atoms with E-state index in [4.69, 9.17) is 4.74 Å². The van der Waals surface area contributed by atoms with E-state index in [1.165, 1.54) is 0 Å². The van der Waals surface area contributed by atoms with Crippen molar-refractivity contribution < 1.29 is 14.6 Å². The number of nitrogens with one attached hydrogen (secondary N) is 1. The number of rotatable bonds is 6. The maximum absolute atomic E-state index is 13.2. The zero-order valence-electron chi connectivity index (χ0n) is 17.2. The van der Waals surface area contributed by atoms with Crippen LogP contribution in [-0.4, -0.2) is 46.4 Å². The molecule has 0 unspecified atom stereocenters. The van der Waals surface area contributed by atoms with Crippen molar-refractivity contribution >= 4 is 21.8 Å². The van der Waals surface area contributed by atoms with E-state index in [1.807, 2.05) is 49.1 Å². The third kappa shape index (κ3) is 3.52. The highest BCUT2D eigenvalue weighted by molar-refractivity contribution is 9.10. The number of fused-ring (bicyclic) bond motifs is 1. The molecule has 7 heteroatoms. The van der Waals surface area contributed by atoms with Gasteiger partial charge in [-0.15, -0.1) is 0 Å². The topological polar surface area (TPSA) is 78.5 Å². The van der Waals surface area contributed by atoms with Gasteiger partial charge in [-0.05, 0) is 61.2 Å². The molecule has 2 aromatic carbocycles. The molecule has 1 aromatic heterocycles. The van der Waals surface area contributed by atoms with Gasteiger partial charge in [0.2, 0.25) is 0 Å². The maximum atomic E-state index is 13.2. The first-order valence-electron chi connectivity index (χ1n) is 9.86. The van der Waals surface area contributed by atoms with E-state index in [1.54, 1.807) is 13.2 Å². The standard InChI is InChI=1S/C23H24BrN3O3/c1-13-10-17(18(28)11-14(13)2)20-19-21(26-25-20)23(29)27(8-5-9-30-3)22(19)15-6-4-7-16(24)12-15/h4,6-7,10-12,22,28H,5,8-9H2,1-3H3,(H,25,26)/t22-/m1/s1. The van der Waals surface area contributed by atoms with Gasteiger partial charge in [0.1, 0.15) is 17.1 Å². The minimum atomic E-state index is -0.295. The number of amides is 1. The lowest BCUT2D eigenvalue weighted by Crippen LogP contribution is -2.31. The minimum Gasteiger partial charge on any atom is -0.507 e. The number of nitrogens with zero attached hydrogens (tertiary/aromatic N) is 2. The predicted octanol–water partition coefficient (Wildman–Crippen LogP) is 4.74. The highest BCUT2D eigenvalue weighted by atomic mass is 79.9. The summed E-state index contributed by atoms with van der Waals surface area (Å²) >= 11 is 3.54. The van der Waals surface area contributed by atoms with Crippen LogP contribution in [0.2, 0.25) is 0 Å². The molecule has 1 aliphatic rings. The Hall–Kier alpha value is -2.64. The predicted molar refractivity (Wildman–Crippen MR) is 119 cm³/mol. The molecule has 3 aromatic rings. The third-order valence-corrected chi connectivity index (χ3v) is 6.14. The molecule has 1 amide bonds. The van der Waals surface area contributed by atoms with Crippen molar-refractivity contribution in [1.29, 1.82) is 0 Å². The number of carbonyl (C=O) groups excluding carboxylic acids is 1. The Balaban J connectivity index is 1.87. The van der Waals surface area contributed by atoms with E-state index in [-0.39, 0.29) is 17.7 Å². The summed E-state index contributed by atoms with van der Waals surface area (Å²) in [4.78, 5) is 15.1. The van der Waals surface area contributed by atoms with Crippen LogP contribution in [-0.2, 0) is 4.74 Å². The Morgan fingerprint density at radius 1 is 1.23 bits per heavy atom. The van der Waals surface area contributed by atoms with E-state index >= 15 is 0 Å². The molecule has 0 aliphatic carbocycles. The smallest absolute Gasteiger partial charge is 0.273 e. The minimum absolute atomic E-state index is 0.0897. The summed E-state index contributed by atoms with van der Waals surface area (Å²) in [6, 6.07) is 11.3. The molecule has 0 saturated heterocycles. The molecule has 1 atom stereocenters. The Kier molecular flexibility index (Phi) is 5.66. The van der Waals surface area contributed by atoms with Crippen LogP contribution in [0, 0.1) is 13.8 Å². The highest BCUT2D eigenvalue weighted by Crippen LogP contribution is 2.45. The average Bonchev–Trinajstić information content (AvgIpc) is 3.24. The van der Waals surface area contributed by atoms with Gasteiger partial charge >= 0.3 is 0 Å². The second-order valence-electron chi connectivity index (χ2n) is 7.62. The molecule has 0 spiro atoms. The van der Waals surface area contributed by atoms with E-state index < -0.39 is 0 Å². The fraction of sp³-hybridized carbons (Fsp3) is 0.304. The molecular formula is C23H24BrN3O3. The van der Waals surface area contributed by atoms with Crippen molar-refractivity contribution in [2.45, 2.75) is 26.3 Å². The summed E-state index contributed by atoms with van der Waals surface area (Å²) in [6.45, 7) is 5.09. The third-order valence-electron chi connectivity index (χ3n) is 5.64. The van der Waals surface area contributed by atoms with Gasteiger partial charge in [0.15, 0.2) is 0 Å². The number of hydrogen-bond donors (Lipinski definition) is 2. The molecule has 6 nitrogen and oxygen atoms in total. The second kappa shape index (κ2) is 8.24. The molecule has 0 bridgehead atoms. The van der Waals surface area contributed by atoms with Crippen molar-refractivity contribution in [3.63, 3.8) is 0 Å². The molecule has 30 heavy (non-hydrogen) atoms. The molecule has 2 heterocycles. The fourth-order valence-electron chi connectivity index (χ4n) is 4.03. The number of phenols is 1. The van der Waals surface area contributed by atoms with Crippen LogP contribution < -0.4 is 0 Å². The molecular weight excluding hydrogens is 446 g/mol. The molecule has 0 radical (unpaired) electrons. The number of benzene rings is 2. The fourth-order valence-corrected chi connectivity index (χ4v) is 4.44. The van der Waals surface area contributed by atoms with Crippen LogP contribution in [0.25, 0.3) is 11.3 Å². The van der Waals surface area contributed by atoms with Crippen LogP contribution in [0.15, 0.2) is 40.9 Å².